The van der Waals surface area contributed by atoms with Gasteiger partial charge in [0, 0.05) is 5.69 Å². The Morgan fingerprint density at radius 3 is 2.31 bits per heavy atom. The zero-order chi connectivity index (χ0) is 24.0. The van der Waals surface area contributed by atoms with Crippen LogP contribution in [0.2, 0.25) is 18.1 Å². The van der Waals surface area contributed by atoms with Gasteiger partial charge in [-0.3, -0.25) is 9.50 Å². The Morgan fingerprint density at radius 1 is 1.06 bits per heavy atom. The molecule has 2 aromatic carbocycles. The number of carbonyl (C=O) groups excluding carboxylic acids is 1. The molecule has 0 heterocycles. The fourth-order valence-corrected chi connectivity index (χ4v) is 4.17. The quantitative estimate of drug-likeness (QED) is 0.379. The van der Waals surface area contributed by atoms with Gasteiger partial charge in [0.15, 0.2) is 8.32 Å². The molecule has 2 aromatic rings. The van der Waals surface area contributed by atoms with Crippen molar-refractivity contribution < 1.29 is 26.6 Å². The zero-order valence-corrected chi connectivity index (χ0v) is 21.4. The Morgan fingerprint density at radius 2 is 1.72 bits per heavy atom. The molecule has 176 valence electrons. The minimum Gasteiger partial charge on any atom is -0.444 e. The highest BCUT2D eigenvalue weighted by molar-refractivity contribution is 7.86. The first-order chi connectivity index (χ1) is 14.8. The van der Waals surface area contributed by atoms with Crippen LogP contribution < -0.4 is 5.32 Å². The van der Waals surface area contributed by atoms with Crippen LogP contribution in [0.3, 0.4) is 0 Å². The number of ether oxygens (including phenoxy) is 1. The number of amides is 1. The van der Waals surface area contributed by atoms with Gasteiger partial charge in [-0.1, -0.05) is 63.2 Å². The molecular formula is C23H33NO6SSi. The SMILES string of the molecule is CC(C)(C)[Si](C)(C)OCC(OS(C)(=O)=O)c1cccc(NC(=O)OCc2ccccc2)c1. The molecule has 1 N–H and O–H groups in total. The fraction of sp³-hybridized carbons (Fsp3) is 0.435. The van der Waals surface area contributed by atoms with Gasteiger partial charge < -0.3 is 9.16 Å². The molecule has 1 amide bonds. The Balaban J connectivity index is 2.11. The van der Waals surface area contributed by atoms with E-state index in [1.54, 1.807) is 24.3 Å². The number of benzene rings is 2. The van der Waals surface area contributed by atoms with Gasteiger partial charge in [0.25, 0.3) is 10.1 Å². The Labute approximate surface area is 192 Å². The minimum absolute atomic E-state index is 0.0332. The summed E-state index contributed by atoms with van der Waals surface area (Å²) in [6.45, 7) is 10.7. The highest BCUT2D eigenvalue weighted by atomic mass is 32.2. The smallest absolute Gasteiger partial charge is 0.411 e. The van der Waals surface area contributed by atoms with E-state index in [0.29, 0.717) is 11.3 Å². The average molecular weight is 480 g/mol. The lowest BCUT2D eigenvalue weighted by molar-refractivity contribution is 0.127. The van der Waals surface area contributed by atoms with Gasteiger partial charge in [-0.15, -0.1) is 0 Å². The van der Waals surface area contributed by atoms with E-state index < -0.39 is 30.6 Å². The summed E-state index contributed by atoms with van der Waals surface area (Å²) in [6, 6.07) is 16.2. The summed E-state index contributed by atoms with van der Waals surface area (Å²) >= 11 is 0. The third-order valence-electron chi connectivity index (χ3n) is 5.41. The van der Waals surface area contributed by atoms with Crippen molar-refractivity contribution in [2.24, 2.45) is 0 Å². The summed E-state index contributed by atoms with van der Waals surface area (Å²) in [7, 11) is -5.85. The van der Waals surface area contributed by atoms with Gasteiger partial charge in [-0.2, -0.15) is 8.42 Å². The maximum atomic E-state index is 12.2. The van der Waals surface area contributed by atoms with Crippen LogP contribution in [0.5, 0.6) is 0 Å². The molecule has 0 aliphatic rings. The highest BCUT2D eigenvalue weighted by Gasteiger charge is 2.38. The normalized spacial score (nSPS) is 13.4. The lowest BCUT2D eigenvalue weighted by Crippen LogP contribution is -2.42. The Kier molecular flexibility index (Phi) is 8.64. The van der Waals surface area contributed by atoms with E-state index >= 15 is 0 Å². The standard InChI is InChI=1S/C23H33NO6SSi/c1-23(2,3)32(5,6)29-17-21(30-31(4,26)27)19-13-10-14-20(15-19)24-22(25)28-16-18-11-8-7-9-12-18/h7-15,21H,16-17H2,1-6H3,(H,24,25). The lowest BCUT2D eigenvalue weighted by atomic mass is 10.1. The average Bonchev–Trinajstić information content (AvgIpc) is 2.69. The van der Waals surface area contributed by atoms with Crippen LogP contribution in [0.15, 0.2) is 54.6 Å². The molecule has 7 nitrogen and oxygen atoms in total. The molecule has 0 saturated carbocycles. The minimum atomic E-state index is -3.73. The van der Waals surface area contributed by atoms with Crippen molar-refractivity contribution in [1.29, 1.82) is 0 Å². The van der Waals surface area contributed by atoms with E-state index in [4.69, 9.17) is 13.3 Å². The molecule has 0 radical (unpaired) electrons. The van der Waals surface area contributed by atoms with Gasteiger partial charge >= 0.3 is 6.09 Å². The fourth-order valence-electron chi connectivity index (χ4n) is 2.58. The van der Waals surface area contributed by atoms with Crippen molar-refractivity contribution in [2.75, 3.05) is 18.2 Å². The molecule has 0 bridgehead atoms. The number of nitrogens with one attached hydrogen (secondary N) is 1. The summed E-state index contributed by atoms with van der Waals surface area (Å²) in [5.41, 5.74) is 1.92. The Bertz CT molecular complexity index is 1000. The zero-order valence-electron chi connectivity index (χ0n) is 19.5. The number of anilines is 1. The second kappa shape index (κ2) is 10.6. The predicted octanol–water partition coefficient (Wildman–Crippen LogP) is 5.47. The third-order valence-corrected chi connectivity index (χ3v) is 10.5. The predicted molar refractivity (Wildman–Crippen MR) is 129 cm³/mol. The first-order valence-electron chi connectivity index (χ1n) is 10.4. The molecular weight excluding hydrogens is 446 g/mol. The van der Waals surface area contributed by atoms with Crippen LogP contribution in [-0.4, -0.2) is 35.7 Å². The first kappa shape index (κ1) is 26.1. The molecule has 9 heteroatoms. The third kappa shape index (κ3) is 8.38. The molecule has 1 unspecified atom stereocenters. The van der Waals surface area contributed by atoms with Gasteiger partial charge in [0.2, 0.25) is 0 Å². The maximum absolute atomic E-state index is 12.2. The molecule has 0 spiro atoms. The molecule has 0 saturated heterocycles. The summed E-state index contributed by atoms with van der Waals surface area (Å²) in [5.74, 6) is 0. The second-order valence-corrected chi connectivity index (χ2v) is 15.6. The van der Waals surface area contributed by atoms with Crippen molar-refractivity contribution in [2.45, 2.75) is 51.6 Å². The van der Waals surface area contributed by atoms with E-state index in [1.807, 2.05) is 30.3 Å². The van der Waals surface area contributed by atoms with Gasteiger partial charge in [0.05, 0.1) is 12.9 Å². The molecule has 0 fully saturated rings. The van der Waals surface area contributed by atoms with Crippen molar-refractivity contribution in [3.8, 4) is 0 Å². The topological polar surface area (TPSA) is 90.9 Å². The first-order valence-corrected chi connectivity index (χ1v) is 15.1. The molecule has 0 aliphatic heterocycles. The van der Waals surface area contributed by atoms with Crippen LogP contribution in [0, 0.1) is 0 Å². The van der Waals surface area contributed by atoms with Crippen molar-refractivity contribution >= 4 is 30.2 Å². The lowest BCUT2D eigenvalue weighted by Gasteiger charge is -2.37. The summed E-state index contributed by atoms with van der Waals surface area (Å²) in [5, 5.41) is 2.64. The number of hydrogen-bond acceptors (Lipinski definition) is 6. The Hall–Kier alpha value is -2.20. The molecule has 32 heavy (non-hydrogen) atoms. The number of hydrogen-bond donors (Lipinski definition) is 1. The summed E-state index contributed by atoms with van der Waals surface area (Å²) in [6.07, 6.45) is -0.430. The van der Waals surface area contributed by atoms with Crippen molar-refractivity contribution in [1.82, 2.24) is 0 Å². The van der Waals surface area contributed by atoms with E-state index in [1.165, 1.54) is 0 Å². The van der Waals surface area contributed by atoms with Crippen molar-refractivity contribution in [3.63, 3.8) is 0 Å². The molecule has 0 aliphatic carbocycles. The van der Waals surface area contributed by atoms with Crippen LogP contribution in [0.25, 0.3) is 0 Å². The van der Waals surface area contributed by atoms with E-state index in [2.05, 4.69) is 39.2 Å². The van der Waals surface area contributed by atoms with Crippen LogP contribution >= 0.6 is 0 Å². The number of rotatable bonds is 9. The maximum Gasteiger partial charge on any atom is 0.411 e. The van der Waals surface area contributed by atoms with Crippen LogP contribution in [-0.2, 0) is 30.1 Å². The summed E-state index contributed by atoms with van der Waals surface area (Å²) < 4.78 is 40.5. The van der Waals surface area contributed by atoms with E-state index in [0.717, 1.165) is 11.8 Å². The van der Waals surface area contributed by atoms with Gasteiger partial charge in [-0.05, 0) is 41.4 Å². The molecule has 0 aromatic heterocycles. The monoisotopic (exact) mass is 479 g/mol. The van der Waals surface area contributed by atoms with Gasteiger partial charge in [0.1, 0.15) is 12.7 Å². The van der Waals surface area contributed by atoms with Crippen LogP contribution in [0.1, 0.15) is 38.0 Å². The summed E-state index contributed by atoms with van der Waals surface area (Å²) in [4.78, 5) is 12.2. The number of carbonyl (C=O) groups is 1. The highest BCUT2D eigenvalue weighted by Crippen LogP contribution is 2.37. The van der Waals surface area contributed by atoms with E-state index in [9.17, 15) is 13.2 Å². The van der Waals surface area contributed by atoms with E-state index in [-0.39, 0.29) is 18.3 Å². The van der Waals surface area contributed by atoms with Crippen LogP contribution in [0.4, 0.5) is 10.5 Å². The second-order valence-electron chi connectivity index (χ2n) is 9.17. The van der Waals surface area contributed by atoms with Gasteiger partial charge in [-0.25, -0.2) is 4.79 Å². The molecule has 2 rings (SSSR count). The largest absolute Gasteiger partial charge is 0.444 e. The molecule has 1 atom stereocenters. The van der Waals surface area contributed by atoms with Crippen molar-refractivity contribution in [3.05, 3.63) is 65.7 Å².